The Labute approximate surface area is 135 Å². The average Bonchev–Trinajstić information content (AvgIpc) is 2.45. The number of hydrogen-bond donors (Lipinski definition) is 1. The topological polar surface area (TPSA) is 61.6 Å². The van der Waals surface area contributed by atoms with Crippen LogP contribution in [0, 0.1) is 0 Å². The standard InChI is InChI=1S/C15H13BrClNO3/c16-10-1-4-12(5-2-10)20-7-8-21-15(19)13-6-3-11(17)9-14(13)18/h1-6,9H,7-8,18H2. The zero-order valence-electron chi connectivity index (χ0n) is 11.0. The van der Waals surface area contributed by atoms with Gasteiger partial charge in [-0.1, -0.05) is 27.5 Å². The van der Waals surface area contributed by atoms with Gasteiger partial charge in [0.25, 0.3) is 0 Å². The normalized spacial score (nSPS) is 10.2. The number of hydrogen-bond acceptors (Lipinski definition) is 4. The van der Waals surface area contributed by atoms with Crippen molar-refractivity contribution in [3.8, 4) is 5.75 Å². The van der Waals surface area contributed by atoms with E-state index in [0.717, 1.165) is 4.47 Å². The maximum Gasteiger partial charge on any atom is 0.340 e. The van der Waals surface area contributed by atoms with E-state index in [1.54, 1.807) is 6.07 Å². The molecule has 0 saturated carbocycles. The molecule has 6 heteroatoms. The molecular weight excluding hydrogens is 358 g/mol. The second kappa shape index (κ2) is 7.33. The van der Waals surface area contributed by atoms with Crippen molar-refractivity contribution >= 4 is 39.2 Å². The number of ether oxygens (including phenoxy) is 2. The molecule has 0 unspecified atom stereocenters. The fourth-order valence-electron chi connectivity index (χ4n) is 1.62. The molecule has 0 aliphatic heterocycles. The largest absolute Gasteiger partial charge is 0.490 e. The minimum atomic E-state index is -0.497. The van der Waals surface area contributed by atoms with Crippen molar-refractivity contribution in [2.75, 3.05) is 18.9 Å². The van der Waals surface area contributed by atoms with E-state index in [1.807, 2.05) is 24.3 Å². The van der Waals surface area contributed by atoms with Crippen molar-refractivity contribution in [3.05, 3.63) is 57.5 Å². The van der Waals surface area contributed by atoms with Crippen LogP contribution in [0.25, 0.3) is 0 Å². The van der Waals surface area contributed by atoms with Crippen LogP contribution in [-0.4, -0.2) is 19.2 Å². The molecule has 2 aromatic rings. The number of carbonyl (C=O) groups excluding carboxylic acids is 1. The van der Waals surface area contributed by atoms with Gasteiger partial charge in [0, 0.05) is 15.2 Å². The van der Waals surface area contributed by atoms with Crippen LogP contribution < -0.4 is 10.5 Å². The highest BCUT2D eigenvalue weighted by Gasteiger charge is 2.11. The van der Waals surface area contributed by atoms with E-state index in [0.29, 0.717) is 22.0 Å². The molecule has 0 spiro atoms. The van der Waals surface area contributed by atoms with Crippen LogP contribution >= 0.6 is 27.5 Å². The molecule has 0 atom stereocenters. The van der Waals surface area contributed by atoms with Crippen LogP contribution in [-0.2, 0) is 4.74 Å². The van der Waals surface area contributed by atoms with E-state index in [9.17, 15) is 4.79 Å². The molecule has 0 radical (unpaired) electrons. The van der Waals surface area contributed by atoms with Gasteiger partial charge in [0.2, 0.25) is 0 Å². The molecule has 2 aromatic carbocycles. The van der Waals surface area contributed by atoms with E-state index in [4.69, 9.17) is 26.8 Å². The SMILES string of the molecule is Nc1cc(Cl)ccc1C(=O)OCCOc1ccc(Br)cc1. The van der Waals surface area contributed by atoms with Crippen LogP contribution in [0.5, 0.6) is 5.75 Å². The predicted octanol–water partition coefficient (Wildman–Crippen LogP) is 3.92. The quantitative estimate of drug-likeness (QED) is 0.492. The number of nitrogens with two attached hydrogens (primary N) is 1. The molecule has 0 aromatic heterocycles. The molecule has 21 heavy (non-hydrogen) atoms. The zero-order chi connectivity index (χ0) is 15.2. The number of esters is 1. The van der Waals surface area contributed by atoms with Crippen molar-refractivity contribution < 1.29 is 14.3 Å². The Balaban J connectivity index is 1.80. The number of benzene rings is 2. The number of anilines is 1. The van der Waals surface area contributed by atoms with E-state index in [1.165, 1.54) is 12.1 Å². The van der Waals surface area contributed by atoms with E-state index in [2.05, 4.69) is 15.9 Å². The van der Waals surface area contributed by atoms with Crippen molar-refractivity contribution in [1.82, 2.24) is 0 Å². The van der Waals surface area contributed by atoms with E-state index in [-0.39, 0.29) is 13.2 Å². The summed E-state index contributed by atoms with van der Waals surface area (Å²) in [4.78, 5) is 11.8. The lowest BCUT2D eigenvalue weighted by Crippen LogP contribution is -2.13. The lowest BCUT2D eigenvalue weighted by Gasteiger charge is -2.09. The predicted molar refractivity (Wildman–Crippen MR) is 85.8 cm³/mol. The van der Waals surface area contributed by atoms with Gasteiger partial charge in [-0.3, -0.25) is 0 Å². The summed E-state index contributed by atoms with van der Waals surface area (Å²) < 4.78 is 11.5. The Kier molecular flexibility index (Phi) is 5.47. The summed E-state index contributed by atoms with van der Waals surface area (Å²) in [5, 5.41) is 0.475. The number of carbonyl (C=O) groups is 1. The maximum atomic E-state index is 11.8. The highest BCUT2D eigenvalue weighted by atomic mass is 79.9. The fourth-order valence-corrected chi connectivity index (χ4v) is 2.07. The van der Waals surface area contributed by atoms with Crippen molar-refractivity contribution in [2.45, 2.75) is 0 Å². The van der Waals surface area contributed by atoms with Crippen molar-refractivity contribution in [2.24, 2.45) is 0 Å². The third-order valence-corrected chi connectivity index (χ3v) is 3.40. The Morgan fingerprint density at radius 1 is 1.14 bits per heavy atom. The summed E-state index contributed by atoms with van der Waals surface area (Å²) in [5.74, 6) is 0.212. The summed E-state index contributed by atoms with van der Waals surface area (Å²) in [6.45, 7) is 0.401. The highest BCUT2D eigenvalue weighted by molar-refractivity contribution is 9.10. The first-order valence-electron chi connectivity index (χ1n) is 6.17. The maximum absolute atomic E-state index is 11.8. The summed E-state index contributed by atoms with van der Waals surface area (Å²) in [7, 11) is 0. The summed E-state index contributed by atoms with van der Waals surface area (Å²) in [6, 6.07) is 12.0. The molecule has 0 aliphatic carbocycles. The third-order valence-electron chi connectivity index (χ3n) is 2.63. The zero-order valence-corrected chi connectivity index (χ0v) is 13.4. The third kappa shape index (κ3) is 4.65. The first-order valence-corrected chi connectivity index (χ1v) is 7.34. The molecule has 0 bridgehead atoms. The number of nitrogen functional groups attached to an aromatic ring is 1. The number of rotatable bonds is 5. The molecule has 110 valence electrons. The summed E-state index contributed by atoms with van der Waals surface area (Å²) in [5.41, 5.74) is 6.30. The minimum Gasteiger partial charge on any atom is -0.490 e. The Hall–Kier alpha value is -1.72. The van der Waals surface area contributed by atoms with Crippen LogP contribution in [0.15, 0.2) is 46.9 Å². The van der Waals surface area contributed by atoms with E-state index < -0.39 is 5.97 Å². The minimum absolute atomic E-state index is 0.136. The number of halogens is 2. The van der Waals surface area contributed by atoms with Gasteiger partial charge in [0.05, 0.1) is 5.56 Å². The Morgan fingerprint density at radius 2 is 1.86 bits per heavy atom. The van der Waals surface area contributed by atoms with Gasteiger partial charge >= 0.3 is 5.97 Å². The molecule has 0 heterocycles. The summed E-state index contributed by atoms with van der Waals surface area (Å²) in [6.07, 6.45) is 0. The molecule has 0 saturated heterocycles. The van der Waals surface area contributed by atoms with Crippen LogP contribution in [0.4, 0.5) is 5.69 Å². The van der Waals surface area contributed by atoms with Gasteiger partial charge < -0.3 is 15.2 Å². The molecule has 0 fully saturated rings. The van der Waals surface area contributed by atoms with Crippen LogP contribution in [0.3, 0.4) is 0 Å². The van der Waals surface area contributed by atoms with Gasteiger partial charge in [-0.25, -0.2) is 4.79 Å². The summed E-state index contributed by atoms with van der Waals surface area (Å²) >= 11 is 9.11. The first-order chi connectivity index (χ1) is 10.1. The lowest BCUT2D eigenvalue weighted by molar-refractivity contribution is 0.0451. The van der Waals surface area contributed by atoms with Gasteiger partial charge in [-0.05, 0) is 42.5 Å². The van der Waals surface area contributed by atoms with Gasteiger partial charge in [-0.2, -0.15) is 0 Å². The molecule has 2 N–H and O–H groups in total. The second-order valence-electron chi connectivity index (χ2n) is 4.17. The fraction of sp³-hybridized carbons (Fsp3) is 0.133. The van der Waals surface area contributed by atoms with Gasteiger partial charge in [0.1, 0.15) is 19.0 Å². The molecule has 0 amide bonds. The monoisotopic (exact) mass is 369 g/mol. The highest BCUT2D eigenvalue weighted by Crippen LogP contribution is 2.19. The molecule has 0 aliphatic rings. The second-order valence-corrected chi connectivity index (χ2v) is 5.52. The molecular formula is C15H13BrClNO3. The van der Waals surface area contributed by atoms with Gasteiger partial charge in [-0.15, -0.1) is 0 Å². The van der Waals surface area contributed by atoms with Gasteiger partial charge in [0.15, 0.2) is 0 Å². The van der Waals surface area contributed by atoms with Crippen LogP contribution in [0.1, 0.15) is 10.4 Å². The van der Waals surface area contributed by atoms with E-state index >= 15 is 0 Å². The smallest absolute Gasteiger partial charge is 0.340 e. The molecule has 2 rings (SSSR count). The first kappa shape index (κ1) is 15.7. The van der Waals surface area contributed by atoms with Crippen LogP contribution in [0.2, 0.25) is 5.02 Å². The van der Waals surface area contributed by atoms with Crippen molar-refractivity contribution in [3.63, 3.8) is 0 Å². The Morgan fingerprint density at radius 3 is 2.52 bits per heavy atom. The Bertz CT molecular complexity index is 631. The lowest BCUT2D eigenvalue weighted by atomic mass is 10.2. The molecule has 4 nitrogen and oxygen atoms in total. The average molecular weight is 371 g/mol. The van der Waals surface area contributed by atoms with Crippen molar-refractivity contribution in [1.29, 1.82) is 0 Å².